The molecule has 0 aliphatic heterocycles. The molecular weight excluding hydrogens is 328 g/mol. The number of fused-ring (bicyclic) bond motifs is 1. The van der Waals surface area contributed by atoms with E-state index < -0.39 is 6.10 Å². The van der Waals surface area contributed by atoms with Gasteiger partial charge in [0.25, 0.3) is 0 Å². The van der Waals surface area contributed by atoms with Crippen LogP contribution in [0, 0.1) is 0 Å². The first kappa shape index (κ1) is 17.1. The van der Waals surface area contributed by atoms with Gasteiger partial charge in [0.05, 0.1) is 6.26 Å². The summed E-state index contributed by atoms with van der Waals surface area (Å²) in [6, 6.07) is 13.9. The maximum Gasteiger partial charge on any atom is 0.140 e. The van der Waals surface area contributed by atoms with Crippen LogP contribution in [0.5, 0.6) is 0 Å². The standard InChI is InChI=1S/C21H24N2O3/c24-19(21-11-6-12-25-21)15-23(13-16-7-2-1-3-8-16)14-18-17-9-4-5-10-20(17)26-22-18/h1-3,6-8,11-12,19,24H,4-5,9-10,13-15H2. The Morgan fingerprint density at radius 1 is 1.04 bits per heavy atom. The summed E-state index contributed by atoms with van der Waals surface area (Å²) in [6.45, 7) is 1.87. The van der Waals surface area contributed by atoms with Crippen LogP contribution in [0.4, 0.5) is 0 Å². The topological polar surface area (TPSA) is 62.6 Å². The third-order valence-electron chi connectivity index (χ3n) is 4.96. The Bertz CT molecular complexity index is 811. The van der Waals surface area contributed by atoms with Crippen molar-refractivity contribution >= 4 is 0 Å². The smallest absolute Gasteiger partial charge is 0.140 e. The van der Waals surface area contributed by atoms with Crippen molar-refractivity contribution in [2.24, 2.45) is 0 Å². The van der Waals surface area contributed by atoms with Crippen LogP contribution >= 0.6 is 0 Å². The number of hydrogen-bond acceptors (Lipinski definition) is 5. The normalized spacial score (nSPS) is 15.2. The van der Waals surface area contributed by atoms with Crippen LogP contribution in [0.15, 0.2) is 57.7 Å². The second-order valence-corrected chi connectivity index (χ2v) is 6.92. The van der Waals surface area contributed by atoms with Gasteiger partial charge >= 0.3 is 0 Å². The fraction of sp³-hybridized carbons (Fsp3) is 0.381. The minimum atomic E-state index is -0.670. The van der Waals surface area contributed by atoms with Crippen LogP contribution in [0.1, 0.15) is 47.3 Å². The number of furan rings is 1. The first-order valence-electron chi connectivity index (χ1n) is 9.23. The lowest BCUT2D eigenvalue weighted by atomic mass is 9.96. The molecule has 0 saturated heterocycles. The predicted molar refractivity (Wildman–Crippen MR) is 97.4 cm³/mol. The Morgan fingerprint density at radius 2 is 1.88 bits per heavy atom. The number of aliphatic hydroxyl groups is 1. The van der Waals surface area contributed by atoms with Crippen molar-refractivity contribution in [3.05, 3.63) is 77.1 Å². The molecule has 5 heteroatoms. The summed E-state index contributed by atoms with van der Waals surface area (Å²) in [5.41, 5.74) is 3.47. The quantitative estimate of drug-likeness (QED) is 0.699. The van der Waals surface area contributed by atoms with Crippen LogP contribution in [0.2, 0.25) is 0 Å². The van der Waals surface area contributed by atoms with Gasteiger partial charge in [0.15, 0.2) is 0 Å². The zero-order chi connectivity index (χ0) is 17.8. The summed E-state index contributed by atoms with van der Waals surface area (Å²) in [5, 5.41) is 14.9. The molecule has 2 aromatic heterocycles. The molecule has 1 atom stereocenters. The fourth-order valence-electron chi connectivity index (χ4n) is 3.63. The molecule has 0 radical (unpaired) electrons. The summed E-state index contributed by atoms with van der Waals surface area (Å²) >= 11 is 0. The van der Waals surface area contributed by atoms with Crippen LogP contribution in [0.3, 0.4) is 0 Å². The maximum absolute atomic E-state index is 10.5. The van der Waals surface area contributed by atoms with Gasteiger partial charge in [-0.25, -0.2) is 0 Å². The van der Waals surface area contributed by atoms with Gasteiger partial charge in [0, 0.05) is 31.6 Å². The molecule has 2 heterocycles. The van der Waals surface area contributed by atoms with Crippen molar-refractivity contribution in [1.82, 2.24) is 10.1 Å². The lowest BCUT2D eigenvalue weighted by Gasteiger charge is -2.24. The first-order valence-corrected chi connectivity index (χ1v) is 9.23. The summed E-state index contributed by atoms with van der Waals surface area (Å²) in [5.74, 6) is 1.63. The van der Waals surface area contributed by atoms with E-state index in [1.165, 1.54) is 24.0 Å². The summed E-state index contributed by atoms with van der Waals surface area (Å²) in [6.07, 6.45) is 5.30. The van der Waals surface area contributed by atoms with Crippen molar-refractivity contribution in [2.75, 3.05) is 6.54 Å². The fourth-order valence-corrected chi connectivity index (χ4v) is 3.63. The van der Waals surface area contributed by atoms with Crippen molar-refractivity contribution in [3.8, 4) is 0 Å². The van der Waals surface area contributed by atoms with Gasteiger partial charge in [-0.05, 0) is 37.0 Å². The molecule has 1 unspecified atom stereocenters. The highest BCUT2D eigenvalue weighted by molar-refractivity contribution is 5.25. The molecule has 1 N–H and O–H groups in total. The molecule has 1 aliphatic carbocycles. The van der Waals surface area contributed by atoms with E-state index in [0.29, 0.717) is 18.8 Å². The molecule has 0 bridgehead atoms. The second kappa shape index (κ2) is 7.89. The van der Waals surface area contributed by atoms with E-state index in [2.05, 4.69) is 22.2 Å². The highest BCUT2D eigenvalue weighted by atomic mass is 16.5. The highest BCUT2D eigenvalue weighted by Crippen LogP contribution is 2.26. The molecule has 4 rings (SSSR count). The molecule has 0 amide bonds. The minimum absolute atomic E-state index is 0.476. The summed E-state index contributed by atoms with van der Waals surface area (Å²) in [7, 11) is 0. The molecule has 1 aromatic carbocycles. The zero-order valence-corrected chi connectivity index (χ0v) is 14.8. The Kier molecular flexibility index (Phi) is 5.18. The van der Waals surface area contributed by atoms with E-state index in [0.717, 1.165) is 30.8 Å². The Labute approximate surface area is 153 Å². The number of hydrogen-bond donors (Lipinski definition) is 1. The van der Waals surface area contributed by atoms with Gasteiger partial charge in [-0.1, -0.05) is 35.5 Å². The van der Waals surface area contributed by atoms with E-state index in [4.69, 9.17) is 8.94 Å². The number of aliphatic hydroxyl groups excluding tert-OH is 1. The van der Waals surface area contributed by atoms with Gasteiger partial charge < -0.3 is 14.0 Å². The lowest BCUT2D eigenvalue weighted by molar-refractivity contribution is 0.0860. The van der Waals surface area contributed by atoms with Crippen molar-refractivity contribution in [1.29, 1.82) is 0 Å². The van der Waals surface area contributed by atoms with Crippen molar-refractivity contribution in [3.63, 3.8) is 0 Å². The van der Waals surface area contributed by atoms with E-state index in [9.17, 15) is 5.11 Å². The number of nitrogens with zero attached hydrogens (tertiary/aromatic N) is 2. The average Bonchev–Trinajstić information content (AvgIpc) is 3.33. The second-order valence-electron chi connectivity index (χ2n) is 6.92. The van der Waals surface area contributed by atoms with Gasteiger partial charge in [0.1, 0.15) is 23.3 Å². The van der Waals surface area contributed by atoms with Crippen LogP contribution in [-0.4, -0.2) is 21.7 Å². The average molecular weight is 352 g/mol. The van der Waals surface area contributed by atoms with Crippen molar-refractivity contribution in [2.45, 2.75) is 44.9 Å². The van der Waals surface area contributed by atoms with Crippen molar-refractivity contribution < 1.29 is 14.0 Å². The van der Waals surface area contributed by atoms with Crippen LogP contribution < -0.4 is 0 Å². The molecule has 0 spiro atoms. The van der Waals surface area contributed by atoms with Crippen LogP contribution in [-0.2, 0) is 25.9 Å². The molecule has 0 saturated carbocycles. The van der Waals surface area contributed by atoms with Gasteiger partial charge in [0.2, 0.25) is 0 Å². The van der Waals surface area contributed by atoms with E-state index >= 15 is 0 Å². The molecule has 0 fully saturated rings. The largest absolute Gasteiger partial charge is 0.467 e. The SMILES string of the molecule is OC(CN(Cc1ccccc1)Cc1noc2c1CCCC2)c1ccco1. The molecule has 26 heavy (non-hydrogen) atoms. The summed E-state index contributed by atoms with van der Waals surface area (Å²) < 4.78 is 10.9. The monoisotopic (exact) mass is 352 g/mol. The Balaban J connectivity index is 1.52. The third kappa shape index (κ3) is 3.89. The molecule has 136 valence electrons. The molecule has 3 aromatic rings. The van der Waals surface area contributed by atoms with Gasteiger partial charge in [-0.3, -0.25) is 4.90 Å². The number of aryl methyl sites for hydroxylation is 1. The number of benzene rings is 1. The minimum Gasteiger partial charge on any atom is -0.467 e. The van der Waals surface area contributed by atoms with Gasteiger partial charge in [-0.15, -0.1) is 0 Å². The Morgan fingerprint density at radius 3 is 2.69 bits per heavy atom. The Hall–Kier alpha value is -2.37. The number of aromatic nitrogens is 1. The van der Waals surface area contributed by atoms with E-state index in [1.807, 2.05) is 24.3 Å². The molecular formula is C21H24N2O3. The third-order valence-corrected chi connectivity index (χ3v) is 4.96. The zero-order valence-electron chi connectivity index (χ0n) is 14.8. The maximum atomic E-state index is 10.5. The highest BCUT2D eigenvalue weighted by Gasteiger charge is 2.23. The predicted octanol–water partition coefficient (Wildman–Crippen LogP) is 3.88. The lowest BCUT2D eigenvalue weighted by Crippen LogP contribution is -2.28. The summed E-state index contributed by atoms with van der Waals surface area (Å²) in [4.78, 5) is 2.20. The first-order chi connectivity index (χ1) is 12.8. The van der Waals surface area contributed by atoms with Crippen LogP contribution in [0.25, 0.3) is 0 Å². The number of rotatable bonds is 7. The molecule has 5 nitrogen and oxygen atoms in total. The molecule has 1 aliphatic rings. The van der Waals surface area contributed by atoms with E-state index in [-0.39, 0.29) is 0 Å². The van der Waals surface area contributed by atoms with Gasteiger partial charge in [-0.2, -0.15) is 0 Å². The van der Waals surface area contributed by atoms with E-state index in [1.54, 1.807) is 12.3 Å².